The summed E-state index contributed by atoms with van der Waals surface area (Å²) in [5.74, 6) is 0.108. The maximum atomic E-state index is 13.0. The minimum atomic E-state index is -3.85. The maximum absolute atomic E-state index is 13.0. The van der Waals surface area contributed by atoms with Crippen molar-refractivity contribution in [2.24, 2.45) is 0 Å². The molecule has 0 atom stereocenters. The van der Waals surface area contributed by atoms with Gasteiger partial charge in [-0.2, -0.15) is 0 Å². The summed E-state index contributed by atoms with van der Waals surface area (Å²) in [6, 6.07) is 13.1. The van der Waals surface area contributed by atoms with Gasteiger partial charge in [-0.1, -0.05) is 6.07 Å². The van der Waals surface area contributed by atoms with Gasteiger partial charge in [0.15, 0.2) is 0 Å². The molecule has 1 aliphatic rings. The number of aromatic carboxylic acids is 1. The molecule has 0 amide bonds. The zero-order chi connectivity index (χ0) is 26.2. The molecule has 0 spiro atoms. The first-order valence-electron chi connectivity index (χ1n) is 11.8. The van der Waals surface area contributed by atoms with Crippen LogP contribution in [0.25, 0.3) is 10.9 Å². The zero-order valence-electron chi connectivity index (χ0n) is 20.4. The number of benzene rings is 2. The third-order valence-corrected chi connectivity index (χ3v) is 7.58. The van der Waals surface area contributed by atoms with Gasteiger partial charge in [0.2, 0.25) is 5.95 Å². The van der Waals surface area contributed by atoms with E-state index in [2.05, 4.69) is 19.6 Å². The summed E-state index contributed by atoms with van der Waals surface area (Å²) in [4.78, 5) is 29.7. The van der Waals surface area contributed by atoms with Crippen LogP contribution < -0.4 is 14.5 Å². The summed E-state index contributed by atoms with van der Waals surface area (Å²) in [5, 5.41) is 10.3. The molecule has 1 saturated heterocycles. The van der Waals surface area contributed by atoms with Crippen LogP contribution in [0.4, 0.5) is 17.5 Å². The van der Waals surface area contributed by atoms with E-state index in [9.17, 15) is 18.3 Å². The van der Waals surface area contributed by atoms with Crippen LogP contribution in [0.15, 0.2) is 65.8 Å². The van der Waals surface area contributed by atoms with E-state index in [1.807, 2.05) is 24.8 Å². The van der Waals surface area contributed by atoms with Crippen LogP contribution in [0.3, 0.4) is 0 Å². The van der Waals surface area contributed by atoms with Crippen molar-refractivity contribution in [1.29, 1.82) is 0 Å². The lowest BCUT2D eigenvalue weighted by molar-refractivity contribution is 0.0699. The molecule has 0 unspecified atom stereocenters. The minimum absolute atomic E-state index is 0.0567. The number of fused-ring (bicyclic) bond motifs is 1. The number of carboxylic acids is 1. The van der Waals surface area contributed by atoms with Crippen molar-refractivity contribution in [3.8, 4) is 0 Å². The third kappa shape index (κ3) is 5.17. The first kappa shape index (κ1) is 24.4. The molecule has 1 fully saturated rings. The first-order valence-corrected chi connectivity index (χ1v) is 13.2. The maximum Gasteiger partial charge on any atom is 0.336 e. The van der Waals surface area contributed by atoms with Crippen molar-refractivity contribution in [2.75, 3.05) is 40.7 Å². The van der Waals surface area contributed by atoms with Crippen molar-refractivity contribution < 1.29 is 18.3 Å². The highest BCUT2D eigenvalue weighted by Crippen LogP contribution is 2.28. The van der Waals surface area contributed by atoms with Crippen LogP contribution in [0.5, 0.6) is 0 Å². The highest BCUT2D eigenvalue weighted by atomic mass is 32.2. The van der Waals surface area contributed by atoms with Gasteiger partial charge >= 0.3 is 5.97 Å². The molecule has 5 rings (SSSR count). The van der Waals surface area contributed by atoms with Gasteiger partial charge in [0.1, 0.15) is 5.82 Å². The predicted molar refractivity (Wildman–Crippen MR) is 142 cm³/mol. The number of carboxylic acid groups (broad SMARTS) is 1. The molecular weight excluding hydrogens is 492 g/mol. The Morgan fingerprint density at radius 1 is 0.919 bits per heavy atom. The van der Waals surface area contributed by atoms with Crippen molar-refractivity contribution in [1.82, 2.24) is 15.0 Å². The molecule has 1 aliphatic heterocycles. The fraction of sp³-hybridized carbons (Fsp3) is 0.231. The Balaban J connectivity index is 1.42. The highest BCUT2D eigenvalue weighted by Gasteiger charge is 2.23. The van der Waals surface area contributed by atoms with E-state index in [1.165, 1.54) is 6.07 Å². The molecule has 2 N–H and O–H groups in total. The lowest BCUT2D eigenvalue weighted by atomic mass is 10.1. The number of aromatic nitrogens is 3. The minimum Gasteiger partial charge on any atom is -0.478 e. The first-order chi connectivity index (χ1) is 17.7. The number of nitrogens with zero attached hydrogens (tertiary/aromatic N) is 5. The molecule has 10 nitrogen and oxygen atoms in total. The van der Waals surface area contributed by atoms with Gasteiger partial charge in [-0.15, -0.1) is 0 Å². The van der Waals surface area contributed by atoms with Crippen LogP contribution in [-0.2, 0) is 10.0 Å². The molecule has 3 heterocycles. The van der Waals surface area contributed by atoms with Crippen molar-refractivity contribution in [2.45, 2.75) is 18.7 Å². The van der Waals surface area contributed by atoms with Crippen LogP contribution in [-0.4, -0.2) is 60.6 Å². The molecule has 190 valence electrons. The Morgan fingerprint density at radius 2 is 1.57 bits per heavy atom. The lowest BCUT2D eigenvalue weighted by Gasteiger charge is -2.35. The van der Waals surface area contributed by atoms with Crippen molar-refractivity contribution in [3.63, 3.8) is 0 Å². The van der Waals surface area contributed by atoms with Gasteiger partial charge in [0, 0.05) is 49.6 Å². The number of carbonyl (C=O) groups is 1. The Kier molecular flexibility index (Phi) is 6.38. The van der Waals surface area contributed by atoms with E-state index < -0.39 is 16.0 Å². The molecule has 2 aromatic carbocycles. The molecular formula is C26H26N6O4S. The van der Waals surface area contributed by atoms with E-state index in [1.54, 1.807) is 48.8 Å². The van der Waals surface area contributed by atoms with E-state index in [4.69, 9.17) is 4.98 Å². The predicted octanol–water partition coefficient (Wildman–Crippen LogP) is 3.47. The number of nitrogens with one attached hydrogen (secondary N) is 1. The van der Waals surface area contributed by atoms with Crippen LogP contribution in [0, 0.1) is 13.8 Å². The molecule has 0 saturated carbocycles. The van der Waals surface area contributed by atoms with Gasteiger partial charge in [0.05, 0.1) is 16.0 Å². The molecule has 37 heavy (non-hydrogen) atoms. The number of hydrogen-bond acceptors (Lipinski definition) is 8. The second kappa shape index (κ2) is 9.66. The molecule has 0 bridgehead atoms. The number of pyridine rings is 1. The summed E-state index contributed by atoms with van der Waals surface area (Å²) in [5.41, 5.74) is 2.46. The molecule has 0 radical (unpaired) electrons. The second-order valence-electron chi connectivity index (χ2n) is 9.02. The average molecular weight is 519 g/mol. The van der Waals surface area contributed by atoms with Crippen LogP contribution in [0.2, 0.25) is 0 Å². The van der Waals surface area contributed by atoms with Crippen LogP contribution >= 0.6 is 0 Å². The lowest BCUT2D eigenvalue weighted by Crippen LogP contribution is -2.47. The number of hydrogen-bond donors (Lipinski definition) is 2. The average Bonchev–Trinajstić information content (AvgIpc) is 2.88. The van der Waals surface area contributed by atoms with Crippen LogP contribution in [0.1, 0.15) is 21.5 Å². The summed E-state index contributed by atoms with van der Waals surface area (Å²) in [6.07, 6.45) is 3.41. The summed E-state index contributed by atoms with van der Waals surface area (Å²) >= 11 is 0. The van der Waals surface area contributed by atoms with Gasteiger partial charge in [-0.25, -0.2) is 28.2 Å². The Hall–Kier alpha value is -4.25. The van der Waals surface area contributed by atoms with Gasteiger partial charge in [0.25, 0.3) is 10.0 Å². The largest absolute Gasteiger partial charge is 0.478 e. The number of sulfonamides is 1. The van der Waals surface area contributed by atoms with E-state index in [-0.39, 0.29) is 16.1 Å². The van der Waals surface area contributed by atoms with Crippen molar-refractivity contribution in [3.05, 3.63) is 77.6 Å². The molecule has 2 aromatic heterocycles. The fourth-order valence-corrected chi connectivity index (χ4v) is 5.74. The highest BCUT2D eigenvalue weighted by molar-refractivity contribution is 7.92. The Bertz CT molecular complexity index is 1570. The Morgan fingerprint density at radius 3 is 2.22 bits per heavy atom. The summed E-state index contributed by atoms with van der Waals surface area (Å²) in [7, 11) is -3.85. The molecule has 4 aromatic rings. The van der Waals surface area contributed by atoms with E-state index in [0.717, 1.165) is 11.1 Å². The number of anilines is 3. The smallest absolute Gasteiger partial charge is 0.336 e. The topological polar surface area (TPSA) is 129 Å². The second-order valence-corrected chi connectivity index (χ2v) is 10.7. The molecule has 11 heteroatoms. The zero-order valence-corrected chi connectivity index (χ0v) is 21.2. The monoisotopic (exact) mass is 518 g/mol. The fourth-order valence-electron chi connectivity index (χ4n) is 4.51. The number of rotatable bonds is 6. The number of piperazine rings is 1. The quantitative estimate of drug-likeness (QED) is 0.394. The van der Waals surface area contributed by atoms with Gasteiger partial charge in [-0.3, -0.25) is 4.72 Å². The Labute approximate surface area is 214 Å². The van der Waals surface area contributed by atoms with Gasteiger partial charge < -0.3 is 14.9 Å². The summed E-state index contributed by atoms with van der Waals surface area (Å²) in [6.45, 7) is 6.27. The van der Waals surface area contributed by atoms with Gasteiger partial charge in [-0.05, 0) is 67.4 Å². The molecule has 0 aliphatic carbocycles. The normalized spacial score (nSPS) is 14.1. The summed E-state index contributed by atoms with van der Waals surface area (Å²) < 4.78 is 28.5. The third-order valence-electron chi connectivity index (χ3n) is 6.22. The SMILES string of the molecule is Cc1cc(C)cc(S(=O)(=O)Nc2ccc3nc(N4CCN(c5ncccn5)CC4)cc(C(=O)O)c3c2)c1. The van der Waals surface area contributed by atoms with E-state index in [0.29, 0.717) is 48.8 Å². The van der Waals surface area contributed by atoms with Crippen molar-refractivity contribution >= 4 is 44.3 Å². The van der Waals surface area contributed by atoms with E-state index >= 15 is 0 Å². The number of aryl methyl sites for hydroxylation is 2. The standard InChI is InChI=1S/C26H26N6O4S/c1-17-12-18(2)14-20(13-17)37(35,36)30-19-4-5-23-21(15-19)22(25(33)34)16-24(29-23)31-8-10-32(11-9-31)26-27-6-3-7-28-26/h3-7,12-16,30H,8-11H2,1-2H3,(H,33,34).